The van der Waals surface area contributed by atoms with Crippen molar-refractivity contribution < 1.29 is 9.53 Å². The molecule has 1 atom stereocenters. The van der Waals surface area contributed by atoms with Crippen molar-refractivity contribution in [2.45, 2.75) is 26.3 Å². The van der Waals surface area contributed by atoms with Gasteiger partial charge in [0.25, 0.3) is 0 Å². The normalized spacial score (nSPS) is 17.1. The lowest BCUT2D eigenvalue weighted by Crippen LogP contribution is -2.54. The largest absolute Gasteiger partial charge is 0.497 e. The van der Waals surface area contributed by atoms with E-state index >= 15 is 0 Å². The molecule has 22 heavy (non-hydrogen) atoms. The highest BCUT2D eigenvalue weighted by atomic mass is 16.5. The number of ether oxygens (including phenoxy) is 1. The second-order valence-corrected chi connectivity index (χ2v) is 5.69. The molecule has 1 N–H and O–H groups in total. The van der Waals surface area contributed by atoms with Crippen LogP contribution in [0.1, 0.15) is 20.3 Å². The number of hydrogen-bond acceptors (Lipinski definition) is 4. The lowest BCUT2D eigenvalue weighted by atomic mass is 10.2. The van der Waals surface area contributed by atoms with Crippen LogP contribution in [-0.2, 0) is 4.79 Å². The van der Waals surface area contributed by atoms with Crippen molar-refractivity contribution in [2.75, 3.05) is 44.7 Å². The Hall–Kier alpha value is -1.75. The van der Waals surface area contributed by atoms with E-state index < -0.39 is 0 Å². The molecule has 0 saturated carbocycles. The Kier molecular flexibility index (Phi) is 6.07. The molecule has 0 bridgehead atoms. The molecule has 1 aromatic rings. The molecule has 5 nitrogen and oxygen atoms in total. The molecule has 1 fully saturated rings. The molecule has 1 saturated heterocycles. The van der Waals surface area contributed by atoms with Gasteiger partial charge in [0.15, 0.2) is 0 Å². The van der Waals surface area contributed by atoms with Crippen molar-refractivity contribution in [2.24, 2.45) is 0 Å². The fourth-order valence-corrected chi connectivity index (χ4v) is 2.72. The summed E-state index contributed by atoms with van der Waals surface area (Å²) in [5.41, 5.74) is 1.21. The monoisotopic (exact) mass is 305 g/mol. The first kappa shape index (κ1) is 16.6. The number of nitrogens with zero attached hydrogens (tertiary/aromatic N) is 2. The van der Waals surface area contributed by atoms with Crippen LogP contribution in [0.3, 0.4) is 0 Å². The van der Waals surface area contributed by atoms with Gasteiger partial charge in [0.2, 0.25) is 5.91 Å². The Morgan fingerprint density at radius 3 is 2.41 bits per heavy atom. The summed E-state index contributed by atoms with van der Waals surface area (Å²) in [7, 11) is 1.68. The number of methoxy groups -OCH3 is 1. The lowest BCUT2D eigenvalue weighted by Gasteiger charge is -2.38. The third kappa shape index (κ3) is 4.13. The maximum Gasteiger partial charge on any atom is 0.237 e. The molecular weight excluding hydrogens is 278 g/mol. The smallest absolute Gasteiger partial charge is 0.237 e. The van der Waals surface area contributed by atoms with E-state index in [9.17, 15) is 4.79 Å². The second kappa shape index (κ2) is 8.03. The summed E-state index contributed by atoms with van der Waals surface area (Å²) in [6.45, 7) is 8.52. The topological polar surface area (TPSA) is 44.8 Å². The fraction of sp³-hybridized carbons (Fsp3) is 0.588. The van der Waals surface area contributed by atoms with E-state index in [2.05, 4.69) is 34.2 Å². The zero-order valence-corrected chi connectivity index (χ0v) is 13.8. The molecule has 1 heterocycles. The Balaban J connectivity index is 1.85. The van der Waals surface area contributed by atoms with E-state index in [-0.39, 0.29) is 11.9 Å². The van der Waals surface area contributed by atoms with Gasteiger partial charge in [0, 0.05) is 38.4 Å². The van der Waals surface area contributed by atoms with Gasteiger partial charge in [-0.2, -0.15) is 0 Å². The molecule has 0 aliphatic carbocycles. The summed E-state index contributed by atoms with van der Waals surface area (Å²) in [5, 5.41) is 2.98. The van der Waals surface area contributed by atoms with Gasteiger partial charge >= 0.3 is 0 Å². The van der Waals surface area contributed by atoms with Crippen LogP contribution in [0.4, 0.5) is 5.69 Å². The summed E-state index contributed by atoms with van der Waals surface area (Å²) in [6, 6.07) is 8.10. The van der Waals surface area contributed by atoms with Crippen LogP contribution in [-0.4, -0.2) is 56.7 Å². The molecule has 0 aromatic heterocycles. The maximum atomic E-state index is 12.0. The van der Waals surface area contributed by atoms with E-state index in [0.29, 0.717) is 0 Å². The molecular formula is C17H27N3O2. The number of carbonyl (C=O) groups excluding carboxylic acids is 1. The quantitative estimate of drug-likeness (QED) is 0.869. The molecule has 122 valence electrons. The molecule has 1 unspecified atom stereocenters. The Morgan fingerprint density at radius 1 is 1.23 bits per heavy atom. The highest BCUT2D eigenvalue weighted by molar-refractivity contribution is 5.81. The van der Waals surface area contributed by atoms with Crippen molar-refractivity contribution in [1.82, 2.24) is 10.2 Å². The van der Waals surface area contributed by atoms with Crippen molar-refractivity contribution >= 4 is 11.6 Å². The van der Waals surface area contributed by atoms with Crippen LogP contribution in [0.5, 0.6) is 5.75 Å². The lowest BCUT2D eigenvalue weighted by molar-refractivity contribution is -0.126. The van der Waals surface area contributed by atoms with Crippen LogP contribution >= 0.6 is 0 Å². The predicted octanol–water partition coefficient (Wildman–Crippen LogP) is 1.73. The predicted molar refractivity (Wildman–Crippen MR) is 89.5 cm³/mol. The van der Waals surface area contributed by atoms with Crippen LogP contribution in [0, 0.1) is 0 Å². The molecule has 0 spiro atoms. The minimum absolute atomic E-state index is 0.0513. The Morgan fingerprint density at radius 2 is 1.86 bits per heavy atom. The van der Waals surface area contributed by atoms with Crippen LogP contribution in [0.15, 0.2) is 24.3 Å². The number of piperazine rings is 1. The van der Waals surface area contributed by atoms with Crippen LogP contribution in [0.2, 0.25) is 0 Å². The highest BCUT2D eigenvalue weighted by Crippen LogP contribution is 2.21. The number of amides is 1. The third-order valence-corrected chi connectivity index (χ3v) is 4.23. The fourth-order valence-electron chi connectivity index (χ4n) is 2.72. The van der Waals surface area contributed by atoms with E-state index in [4.69, 9.17) is 4.74 Å². The number of hydrogen-bond donors (Lipinski definition) is 1. The third-order valence-electron chi connectivity index (χ3n) is 4.23. The zero-order valence-electron chi connectivity index (χ0n) is 13.8. The number of carbonyl (C=O) groups is 1. The molecule has 2 rings (SSSR count). The average molecular weight is 305 g/mol. The van der Waals surface area contributed by atoms with Gasteiger partial charge in [-0.05, 0) is 37.6 Å². The summed E-state index contributed by atoms with van der Waals surface area (Å²) in [5.74, 6) is 1.02. The molecule has 0 radical (unpaired) electrons. The second-order valence-electron chi connectivity index (χ2n) is 5.69. The van der Waals surface area contributed by atoms with Crippen molar-refractivity contribution in [3.63, 3.8) is 0 Å². The molecule has 5 heteroatoms. The van der Waals surface area contributed by atoms with Crippen molar-refractivity contribution in [3.8, 4) is 5.75 Å². The van der Waals surface area contributed by atoms with E-state index in [1.165, 1.54) is 5.69 Å². The first-order chi connectivity index (χ1) is 10.7. The zero-order chi connectivity index (χ0) is 15.9. The first-order valence-corrected chi connectivity index (χ1v) is 8.06. The average Bonchev–Trinajstić information content (AvgIpc) is 2.59. The molecule has 1 aliphatic rings. The van der Waals surface area contributed by atoms with Crippen molar-refractivity contribution in [3.05, 3.63) is 24.3 Å². The van der Waals surface area contributed by atoms with Gasteiger partial charge in [-0.25, -0.2) is 0 Å². The molecule has 1 aromatic carbocycles. The first-order valence-electron chi connectivity index (χ1n) is 8.06. The minimum atomic E-state index is -0.0513. The number of anilines is 1. The summed E-state index contributed by atoms with van der Waals surface area (Å²) in [6.07, 6.45) is 0.976. The highest BCUT2D eigenvalue weighted by Gasteiger charge is 2.25. The summed E-state index contributed by atoms with van der Waals surface area (Å²) < 4.78 is 5.19. The standard InChI is InChI=1S/C17H27N3O2/c1-4-9-18-17(21)14(2)19-10-12-20(13-11-19)15-5-7-16(22-3)8-6-15/h5-8,14H,4,9-13H2,1-3H3,(H,18,21). The SMILES string of the molecule is CCCNC(=O)C(C)N1CCN(c2ccc(OC)cc2)CC1. The van der Waals surface area contributed by atoms with Crippen molar-refractivity contribution in [1.29, 1.82) is 0 Å². The van der Waals surface area contributed by atoms with Crippen LogP contribution in [0.25, 0.3) is 0 Å². The van der Waals surface area contributed by atoms with E-state index in [1.54, 1.807) is 7.11 Å². The minimum Gasteiger partial charge on any atom is -0.497 e. The Labute approximate surface area is 133 Å². The van der Waals surface area contributed by atoms with Crippen LogP contribution < -0.4 is 15.0 Å². The summed E-state index contributed by atoms with van der Waals surface area (Å²) in [4.78, 5) is 16.7. The number of nitrogens with one attached hydrogen (secondary N) is 1. The van der Waals surface area contributed by atoms with Gasteiger partial charge in [-0.3, -0.25) is 9.69 Å². The van der Waals surface area contributed by atoms with Gasteiger partial charge < -0.3 is 15.0 Å². The van der Waals surface area contributed by atoms with E-state index in [0.717, 1.165) is 44.9 Å². The summed E-state index contributed by atoms with van der Waals surface area (Å²) >= 11 is 0. The molecule has 1 amide bonds. The van der Waals surface area contributed by atoms with Gasteiger partial charge in [0.1, 0.15) is 5.75 Å². The van der Waals surface area contributed by atoms with Gasteiger partial charge in [-0.1, -0.05) is 6.92 Å². The number of benzene rings is 1. The van der Waals surface area contributed by atoms with Gasteiger partial charge in [0.05, 0.1) is 13.2 Å². The van der Waals surface area contributed by atoms with Gasteiger partial charge in [-0.15, -0.1) is 0 Å². The Bertz CT molecular complexity index is 467. The van der Waals surface area contributed by atoms with E-state index in [1.807, 2.05) is 19.1 Å². The maximum absolute atomic E-state index is 12.0. The number of rotatable bonds is 6. The molecule has 1 aliphatic heterocycles.